The molecule has 4 rings (SSSR count). The van der Waals surface area contributed by atoms with Crippen molar-refractivity contribution in [3.05, 3.63) is 87.3 Å². The lowest BCUT2D eigenvalue weighted by Gasteiger charge is -2.24. The summed E-state index contributed by atoms with van der Waals surface area (Å²) in [5.41, 5.74) is -1.63. The average molecular weight is 512 g/mol. The fourth-order valence-electron chi connectivity index (χ4n) is 3.69. The van der Waals surface area contributed by atoms with Gasteiger partial charge in [0.15, 0.2) is 5.75 Å². The number of aliphatic hydroxyl groups is 1. The first-order valence-electron chi connectivity index (χ1n) is 9.59. The summed E-state index contributed by atoms with van der Waals surface area (Å²) >= 11 is 12.3. The minimum absolute atomic E-state index is 0.00519. The van der Waals surface area contributed by atoms with Crippen LogP contribution in [0.15, 0.2) is 64.8 Å². The third-order valence-electron chi connectivity index (χ3n) is 5.18. The quantitative estimate of drug-likeness (QED) is 0.254. The smallest absolute Gasteiger partial charge is 0.416 e. The molecule has 1 fully saturated rings. The molecule has 0 bridgehead atoms. The second kappa shape index (κ2) is 8.73. The molecule has 0 radical (unpaired) electrons. The van der Waals surface area contributed by atoms with E-state index in [1.165, 1.54) is 43.7 Å². The van der Waals surface area contributed by atoms with Crippen LogP contribution in [0.25, 0.3) is 5.76 Å². The maximum absolute atomic E-state index is 13.3. The van der Waals surface area contributed by atoms with Gasteiger partial charge in [-0.05, 0) is 42.5 Å². The van der Waals surface area contributed by atoms with Crippen molar-refractivity contribution < 1.29 is 37.0 Å². The molecular formula is C23H14Cl2F3NO5. The summed E-state index contributed by atoms with van der Waals surface area (Å²) in [7, 11) is 1.34. The van der Waals surface area contributed by atoms with Gasteiger partial charge in [0, 0.05) is 11.3 Å². The van der Waals surface area contributed by atoms with Gasteiger partial charge in [0.2, 0.25) is 0 Å². The van der Waals surface area contributed by atoms with E-state index in [-0.39, 0.29) is 32.8 Å². The molecule has 0 saturated carbocycles. The Hall–Kier alpha value is -3.43. The van der Waals surface area contributed by atoms with Gasteiger partial charge in [0.1, 0.15) is 17.6 Å². The van der Waals surface area contributed by atoms with Gasteiger partial charge in [-0.25, -0.2) is 0 Å². The van der Waals surface area contributed by atoms with Crippen LogP contribution in [0.4, 0.5) is 18.9 Å². The highest BCUT2D eigenvalue weighted by Gasteiger charge is 2.48. The molecule has 176 valence electrons. The maximum Gasteiger partial charge on any atom is 0.416 e. The number of methoxy groups -OCH3 is 1. The Labute approximate surface area is 200 Å². The Balaban J connectivity index is 1.93. The molecule has 0 aliphatic carbocycles. The van der Waals surface area contributed by atoms with Gasteiger partial charge in [-0.2, -0.15) is 13.2 Å². The number of carbonyl (C=O) groups excluding carboxylic acids is 2. The summed E-state index contributed by atoms with van der Waals surface area (Å²) < 4.78 is 50.3. The van der Waals surface area contributed by atoms with E-state index in [1.54, 1.807) is 0 Å². The van der Waals surface area contributed by atoms with E-state index in [0.717, 1.165) is 23.1 Å². The standard InChI is InChI=1S/C23H14Cl2F3NO5/c1-33-21-14(24)8-11(9-15(21)25)19(30)17-18(16-6-3-7-34-16)29(22(32)20(17)31)13-5-2-4-12(10-13)23(26,27)28/h2-10,18,30H,1H3/b19-17-. The van der Waals surface area contributed by atoms with Crippen LogP contribution in [0.1, 0.15) is 22.9 Å². The lowest BCUT2D eigenvalue weighted by atomic mass is 9.99. The van der Waals surface area contributed by atoms with Gasteiger partial charge in [-0.15, -0.1) is 0 Å². The van der Waals surface area contributed by atoms with Crippen LogP contribution in [-0.4, -0.2) is 23.9 Å². The Bertz CT molecular complexity index is 1300. The van der Waals surface area contributed by atoms with Crippen molar-refractivity contribution in [3.63, 3.8) is 0 Å². The Morgan fingerprint density at radius 3 is 2.32 bits per heavy atom. The van der Waals surface area contributed by atoms with E-state index in [4.69, 9.17) is 32.4 Å². The number of anilines is 1. The van der Waals surface area contributed by atoms with Crippen LogP contribution in [0, 0.1) is 0 Å². The van der Waals surface area contributed by atoms with Gasteiger partial charge in [0.05, 0.1) is 34.6 Å². The fourth-order valence-corrected chi connectivity index (χ4v) is 4.34. The number of alkyl halides is 3. The molecule has 2 aromatic carbocycles. The van der Waals surface area contributed by atoms with Crippen molar-refractivity contribution in [1.82, 2.24) is 0 Å². The fraction of sp³-hybridized carbons (Fsp3) is 0.130. The molecule has 2 heterocycles. The predicted molar refractivity (Wildman–Crippen MR) is 118 cm³/mol. The number of amides is 1. The molecular weight excluding hydrogens is 498 g/mol. The molecule has 1 aliphatic heterocycles. The highest BCUT2D eigenvalue weighted by Crippen LogP contribution is 2.44. The number of nitrogens with zero attached hydrogens (tertiary/aromatic N) is 1. The molecule has 34 heavy (non-hydrogen) atoms. The molecule has 0 spiro atoms. The highest BCUT2D eigenvalue weighted by atomic mass is 35.5. The second-order valence-electron chi connectivity index (χ2n) is 7.21. The topological polar surface area (TPSA) is 80.0 Å². The zero-order chi connectivity index (χ0) is 24.8. The van der Waals surface area contributed by atoms with E-state index in [2.05, 4.69) is 0 Å². The molecule has 1 atom stereocenters. The monoisotopic (exact) mass is 511 g/mol. The molecule has 1 unspecified atom stereocenters. The lowest BCUT2D eigenvalue weighted by Crippen LogP contribution is -2.29. The molecule has 3 aromatic rings. The first kappa shape index (κ1) is 23.7. The zero-order valence-corrected chi connectivity index (χ0v) is 18.7. The van der Waals surface area contributed by atoms with Gasteiger partial charge in [0.25, 0.3) is 11.7 Å². The van der Waals surface area contributed by atoms with Crippen LogP contribution in [0.3, 0.4) is 0 Å². The van der Waals surface area contributed by atoms with Crippen molar-refractivity contribution in [1.29, 1.82) is 0 Å². The normalized spacial score (nSPS) is 17.9. The number of ketones is 1. The van der Waals surface area contributed by atoms with Crippen molar-refractivity contribution in [2.24, 2.45) is 0 Å². The number of rotatable bonds is 4. The Kier molecular flexibility index (Phi) is 6.09. The average Bonchev–Trinajstić information content (AvgIpc) is 3.39. The van der Waals surface area contributed by atoms with Crippen LogP contribution < -0.4 is 9.64 Å². The summed E-state index contributed by atoms with van der Waals surface area (Å²) in [5, 5.41) is 11.1. The molecule has 1 aromatic heterocycles. The molecule has 1 amide bonds. The molecule has 1 N–H and O–H groups in total. The number of benzene rings is 2. The van der Waals surface area contributed by atoms with E-state index < -0.39 is 40.8 Å². The summed E-state index contributed by atoms with van der Waals surface area (Å²) in [4.78, 5) is 26.9. The minimum Gasteiger partial charge on any atom is -0.507 e. The van der Waals surface area contributed by atoms with Crippen LogP contribution in [0.2, 0.25) is 10.0 Å². The number of hydrogen-bond donors (Lipinski definition) is 1. The third kappa shape index (κ3) is 4.01. The first-order chi connectivity index (χ1) is 16.0. The lowest BCUT2D eigenvalue weighted by molar-refractivity contribution is -0.137. The summed E-state index contributed by atoms with van der Waals surface area (Å²) in [6.45, 7) is 0. The number of aliphatic hydroxyl groups excluding tert-OH is 1. The van der Waals surface area contributed by atoms with Gasteiger partial charge in [-0.1, -0.05) is 29.3 Å². The number of Topliss-reactive ketones (excluding diaryl/α,β-unsaturated/α-hetero) is 1. The number of hydrogen-bond acceptors (Lipinski definition) is 5. The SMILES string of the molecule is COc1c(Cl)cc(/C(O)=C2/C(=O)C(=O)N(c3cccc(C(F)(F)F)c3)C2c2ccco2)cc1Cl. The van der Waals surface area contributed by atoms with Gasteiger partial charge < -0.3 is 14.3 Å². The largest absolute Gasteiger partial charge is 0.507 e. The van der Waals surface area contributed by atoms with Crippen molar-refractivity contribution in [2.45, 2.75) is 12.2 Å². The Morgan fingerprint density at radius 1 is 1.09 bits per heavy atom. The highest BCUT2D eigenvalue weighted by molar-refractivity contribution is 6.51. The first-order valence-corrected chi connectivity index (χ1v) is 10.3. The summed E-state index contributed by atoms with van der Waals surface area (Å²) in [5.74, 6) is -2.73. The maximum atomic E-state index is 13.3. The van der Waals surface area contributed by atoms with Crippen molar-refractivity contribution >= 4 is 46.3 Å². The zero-order valence-electron chi connectivity index (χ0n) is 17.2. The van der Waals surface area contributed by atoms with E-state index >= 15 is 0 Å². The van der Waals surface area contributed by atoms with Crippen molar-refractivity contribution in [3.8, 4) is 5.75 Å². The third-order valence-corrected chi connectivity index (χ3v) is 5.75. The number of halogens is 5. The van der Waals surface area contributed by atoms with E-state index in [9.17, 15) is 27.9 Å². The molecule has 1 aliphatic rings. The van der Waals surface area contributed by atoms with Crippen LogP contribution in [0.5, 0.6) is 5.75 Å². The second-order valence-corrected chi connectivity index (χ2v) is 8.02. The molecule has 1 saturated heterocycles. The van der Waals surface area contributed by atoms with Crippen LogP contribution >= 0.6 is 23.2 Å². The summed E-state index contributed by atoms with van der Waals surface area (Å²) in [6, 6.07) is 8.04. The van der Waals surface area contributed by atoms with Crippen LogP contribution in [-0.2, 0) is 15.8 Å². The van der Waals surface area contributed by atoms with Gasteiger partial charge in [-0.3, -0.25) is 14.5 Å². The number of carbonyl (C=O) groups is 2. The number of ether oxygens (including phenoxy) is 1. The predicted octanol–water partition coefficient (Wildman–Crippen LogP) is 6.24. The minimum atomic E-state index is -4.68. The summed E-state index contributed by atoms with van der Waals surface area (Å²) in [6.07, 6.45) is -3.41. The Morgan fingerprint density at radius 2 is 1.76 bits per heavy atom. The van der Waals surface area contributed by atoms with Crippen molar-refractivity contribution in [2.75, 3.05) is 12.0 Å². The molecule has 6 nitrogen and oxygen atoms in total. The molecule has 11 heteroatoms. The number of furan rings is 1. The van der Waals surface area contributed by atoms with E-state index in [1.807, 2.05) is 0 Å². The van der Waals surface area contributed by atoms with E-state index in [0.29, 0.717) is 0 Å². The van der Waals surface area contributed by atoms with Gasteiger partial charge >= 0.3 is 6.18 Å².